The lowest BCUT2D eigenvalue weighted by Crippen LogP contribution is -2.37. The van der Waals surface area contributed by atoms with Crippen LogP contribution < -0.4 is 4.90 Å². The standard InChI is InChI=1S/C20H19ClN4O2/c1-20(14-7-8-14)12-24(19(26)27-11-13-5-3-2-4-6-13)15-10-22-17-9-16(21)23-25(17)18(15)20/h2-6,9-10,14H,7-8,11-12H2,1H3. The van der Waals surface area contributed by atoms with Gasteiger partial charge in [-0.25, -0.2) is 14.3 Å². The molecule has 0 radical (unpaired) electrons. The predicted molar refractivity (Wildman–Crippen MR) is 102 cm³/mol. The van der Waals surface area contributed by atoms with Crippen molar-refractivity contribution in [1.29, 1.82) is 0 Å². The molecule has 3 aromatic rings. The molecule has 1 aliphatic heterocycles. The van der Waals surface area contributed by atoms with Gasteiger partial charge in [0.25, 0.3) is 0 Å². The van der Waals surface area contributed by atoms with Crippen LogP contribution in [0.25, 0.3) is 5.65 Å². The molecule has 0 saturated heterocycles. The van der Waals surface area contributed by atoms with E-state index in [1.54, 1.807) is 21.7 Å². The van der Waals surface area contributed by atoms with Crippen molar-refractivity contribution in [2.24, 2.45) is 5.92 Å². The van der Waals surface area contributed by atoms with E-state index in [2.05, 4.69) is 17.0 Å². The SMILES string of the molecule is CC1(C2CC2)CN(C(=O)OCc2ccccc2)c2cnc3cc(Cl)nn3c21. The molecule has 1 unspecified atom stereocenters. The van der Waals surface area contributed by atoms with Gasteiger partial charge in [0, 0.05) is 18.0 Å². The Labute approximate surface area is 161 Å². The molecule has 7 heteroatoms. The number of carbonyl (C=O) groups excluding carboxylic acids is 1. The van der Waals surface area contributed by atoms with E-state index in [1.807, 2.05) is 30.3 Å². The van der Waals surface area contributed by atoms with Crippen molar-refractivity contribution < 1.29 is 9.53 Å². The number of carbonyl (C=O) groups is 1. The summed E-state index contributed by atoms with van der Waals surface area (Å²) in [4.78, 5) is 19.0. The number of hydrogen-bond donors (Lipinski definition) is 0. The summed E-state index contributed by atoms with van der Waals surface area (Å²) in [6, 6.07) is 11.4. The van der Waals surface area contributed by atoms with Crippen molar-refractivity contribution in [3.8, 4) is 0 Å². The molecule has 2 aliphatic rings. The monoisotopic (exact) mass is 382 g/mol. The average Bonchev–Trinajstić information content (AvgIpc) is 3.39. The van der Waals surface area contributed by atoms with Gasteiger partial charge in [0.2, 0.25) is 0 Å². The van der Waals surface area contributed by atoms with Gasteiger partial charge in [0.1, 0.15) is 6.61 Å². The van der Waals surface area contributed by atoms with Gasteiger partial charge >= 0.3 is 6.09 Å². The van der Waals surface area contributed by atoms with Crippen LogP contribution in [0, 0.1) is 5.92 Å². The summed E-state index contributed by atoms with van der Waals surface area (Å²) in [5.74, 6) is 0.525. The smallest absolute Gasteiger partial charge is 0.414 e. The van der Waals surface area contributed by atoms with E-state index in [9.17, 15) is 4.79 Å². The summed E-state index contributed by atoms with van der Waals surface area (Å²) in [6.07, 6.45) is 3.69. The number of anilines is 1. The van der Waals surface area contributed by atoms with Gasteiger partial charge in [-0.3, -0.25) is 4.90 Å². The minimum Gasteiger partial charge on any atom is -0.444 e. The highest BCUT2D eigenvalue weighted by Crippen LogP contribution is 2.53. The molecular weight excluding hydrogens is 364 g/mol. The number of hydrogen-bond acceptors (Lipinski definition) is 4. The topological polar surface area (TPSA) is 59.7 Å². The van der Waals surface area contributed by atoms with Gasteiger partial charge in [-0.2, -0.15) is 5.10 Å². The van der Waals surface area contributed by atoms with E-state index in [0.717, 1.165) is 29.8 Å². The first-order valence-electron chi connectivity index (χ1n) is 9.09. The van der Waals surface area contributed by atoms with Crippen LogP contribution in [0.3, 0.4) is 0 Å². The van der Waals surface area contributed by atoms with Crippen molar-refractivity contribution in [2.75, 3.05) is 11.4 Å². The maximum Gasteiger partial charge on any atom is 0.414 e. The number of aromatic nitrogens is 3. The second-order valence-corrected chi connectivity index (χ2v) is 7.93. The summed E-state index contributed by atoms with van der Waals surface area (Å²) in [7, 11) is 0. The van der Waals surface area contributed by atoms with Gasteiger partial charge in [-0.05, 0) is 24.3 Å². The molecule has 1 fully saturated rings. The highest BCUT2D eigenvalue weighted by atomic mass is 35.5. The fourth-order valence-electron chi connectivity index (χ4n) is 4.12. The number of halogens is 1. The number of benzene rings is 1. The number of nitrogens with zero attached hydrogens (tertiary/aromatic N) is 4. The molecule has 0 N–H and O–H groups in total. The van der Waals surface area contributed by atoms with Crippen molar-refractivity contribution in [1.82, 2.24) is 14.6 Å². The minimum absolute atomic E-state index is 0.183. The Hall–Kier alpha value is -2.60. The summed E-state index contributed by atoms with van der Waals surface area (Å²) in [6.45, 7) is 3.01. The molecular formula is C20H19ClN4O2. The summed E-state index contributed by atoms with van der Waals surface area (Å²) < 4.78 is 7.38. The molecule has 1 amide bonds. The Bertz CT molecular complexity index is 1030. The zero-order valence-electron chi connectivity index (χ0n) is 14.9. The van der Waals surface area contributed by atoms with E-state index in [4.69, 9.17) is 16.3 Å². The lowest BCUT2D eigenvalue weighted by Gasteiger charge is -2.25. The van der Waals surface area contributed by atoms with Gasteiger partial charge in [0.05, 0.1) is 17.6 Å². The molecule has 6 nitrogen and oxygen atoms in total. The molecule has 5 rings (SSSR count). The molecule has 1 aliphatic carbocycles. The first-order chi connectivity index (χ1) is 13.1. The first kappa shape index (κ1) is 16.6. The third-order valence-corrected chi connectivity index (χ3v) is 5.84. The molecule has 1 aromatic carbocycles. The van der Waals surface area contributed by atoms with Crippen molar-refractivity contribution in [3.63, 3.8) is 0 Å². The second-order valence-electron chi connectivity index (χ2n) is 7.55. The van der Waals surface area contributed by atoms with Gasteiger partial charge in [-0.1, -0.05) is 48.9 Å². The molecule has 0 bridgehead atoms. The number of ether oxygens (including phenoxy) is 1. The van der Waals surface area contributed by atoms with Crippen molar-refractivity contribution in [3.05, 3.63) is 59.0 Å². The second kappa shape index (κ2) is 5.96. The number of fused-ring (bicyclic) bond motifs is 3. The Morgan fingerprint density at radius 1 is 1.33 bits per heavy atom. The van der Waals surface area contributed by atoms with Crippen LogP contribution in [0.15, 0.2) is 42.6 Å². The third-order valence-electron chi connectivity index (χ3n) is 5.66. The third kappa shape index (κ3) is 2.67. The molecule has 1 saturated carbocycles. The molecule has 138 valence electrons. The van der Waals surface area contributed by atoms with E-state index < -0.39 is 0 Å². The average molecular weight is 383 g/mol. The Morgan fingerprint density at radius 2 is 2.11 bits per heavy atom. The van der Waals surface area contributed by atoms with E-state index in [0.29, 0.717) is 23.3 Å². The fraction of sp³-hybridized carbons (Fsp3) is 0.350. The van der Waals surface area contributed by atoms with Crippen LogP contribution in [-0.4, -0.2) is 27.2 Å². The lowest BCUT2D eigenvalue weighted by molar-refractivity contribution is 0.146. The van der Waals surface area contributed by atoms with Crippen molar-refractivity contribution >= 4 is 29.0 Å². The van der Waals surface area contributed by atoms with E-state index in [-0.39, 0.29) is 18.1 Å². The first-order valence-corrected chi connectivity index (χ1v) is 9.47. The molecule has 0 spiro atoms. The zero-order chi connectivity index (χ0) is 18.6. The van der Waals surface area contributed by atoms with Gasteiger partial charge in [-0.15, -0.1) is 0 Å². The zero-order valence-corrected chi connectivity index (χ0v) is 15.7. The summed E-state index contributed by atoms with van der Waals surface area (Å²) in [5.41, 5.74) is 3.23. The van der Waals surface area contributed by atoms with E-state index in [1.165, 1.54) is 0 Å². The Morgan fingerprint density at radius 3 is 2.85 bits per heavy atom. The number of amides is 1. The molecule has 2 aromatic heterocycles. The van der Waals surface area contributed by atoms with Gasteiger partial charge < -0.3 is 4.74 Å². The molecule has 3 heterocycles. The van der Waals surface area contributed by atoms with Crippen LogP contribution in [0.2, 0.25) is 5.15 Å². The van der Waals surface area contributed by atoms with Crippen LogP contribution >= 0.6 is 11.6 Å². The minimum atomic E-state index is -0.358. The Kier molecular flexibility index (Phi) is 3.65. The van der Waals surface area contributed by atoms with Crippen LogP contribution in [0.1, 0.15) is 31.0 Å². The van der Waals surface area contributed by atoms with Crippen LogP contribution in [-0.2, 0) is 16.8 Å². The van der Waals surface area contributed by atoms with E-state index >= 15 is 0 Å². The maximum absolute atomic E-state index is 12.9. The largest absolute Gasteiger partial charge is 0.444 e. The van der Waals surface area contributed by atoms with Crippen molar-refractivity contribution in [2.45, 2.75) is 31.8 Å². The highest BCUT2D eigenvalue weighted by molar-refractivity contribution is 6.29. The fourth-order valence-corrected chi connectivity index (χ4v) is 4.29. The quantitative estimate of drug-likeness (QED) is 0.680. The normalized spacial score (nSPS) is 21.5. The highest BCUT2D eigenvalue weighted by Gasteiger charge is 2.53. The van der Waals surface area contributed by atoms with Crippen LogP contribution in [0.4, 0.5) is 10.5 Å². The Balaban J connectivity index is 1.50. The molecule has 1 atom stereocenters. The number of rotatable bonds is 3. The lowest BCUT2D eigenvalue weighted by atomic mass is 9.83. The summed E-state index contributed by atoms with van der Waals surface area (Å²) in [5, 5.41) is 4.82. The maximum atomic E-state index is 12.9. The predicted octanol–water partition coefficient (Wildman–Crippen LogP) is 4.21. The van der Waals surface area contributed by atoms with Gasteiger partial charge in [0.15, 0.2) is 10.8 Å². The molecule has 27 heavy (non-hydrogen) atoms. The summed E-state index contributed by atoms with van der Waals surface area (Å²) >= 11 is 6.11. The van der Waals surface area contributed by atoms with Crippen LogP contribution in [0.5, 0.6) is 0 Å².